The van der Waals surface area contributed by atoms with E-state index in [9.17, 15) is 4.79 Å². The molecule has 1 aromatic carbocycles. The molecule has 3 N–H and O–H groups in total. The van der Waals surface area contributed by atoms with E-state index in [1.165, 1.54) is 16.7 Å². The number of ether oxygens (including phenoxy) is 1. The number of amides is 1. The summed E-state index contributed by atoms with van der Waals surface area (Å²) in [4.78, 5) is 17.8. The zero-order valence-electron chi connectivity index (χ0n) is 24.2. The molecule has 4 aliphatic heterocycles. The minimum atomic E-state index is -0.332. The van der Waals surface area contributed by atoms with Crippen molar-refractivity contribution in [3.05, 3.63) is 95.1 Å². The summed E-state index contributed by atoms with van der Waals surface area (Å²) in [6.07, 6.45) is 18.8. The number of hydrazine groups is 1. The smallest absolute Gasteiger partial charge is 0.247 e. The van der Waals surface area contributed by atoms with Crippen molar-refractivity contribution in [2.24, 2.45) is 11.8 Å². The molecule has 8 heteroatoms. The predicted octanol–water partition coefficient (Wildman–Crippen LogP) is 3.37. The first kappa shape index (κ1) is 26.6. The fourth-order valence-corrected chi connectivity index (χ4v) is 7.04. The van der Waals surface area contributed by atoms with Gasteiger partial charge in [0, 0.05) is 49.9 Å². The summed E-state index contributed by atoms with van der Waals surface area (Å²) in [5, 5.41) is 9.16. The van der Waals surface area contributed by atoms with Gasteiger partial charge >= 0.3 is 0 Å². The molecule has 0 radical (unpaired) electrons. The SMILES string of the molecule is CN(C)C1(C2CC2)CCN(C2=CCNC(NC3OC3CC3=CC(C4=CN(Cc5ccccc5)NC4)CC=C3)=C2)C1=O. The minimum Gasteiger partial charge on any atom is -0.368 e. The van der Waals surface area contributed by atoms with Crippen molar-refractivity contribution >= 4 is 5.91 Å². The molecule has 1 amide bonds. The normalized spacial score (nSPS) is 31.1. The number of carbonyl (C=O) groups excluding carboxylic acids is 1. The van der Waals surface area contributed by atoms with Crippen molar-refractivity contribution in [3.63, 3.8) is 0 Å². The van der Waals surface area contributed by atoms with Gasteiger partial charge in [-0.3, -0.25) is 9.69 Å². The van der Waals surface area contributed by atoms with Crippen molar-refractivity contribution in [2.45, 2.75) is 56.5 Å². The number of likely N-dealkylation sites (N-methyl/N-ethyl adjacent to an activating group) is 1. The lowest BCUT2D eigenvalue weighted by molar-refractivity contribution is -0.136. The van der Waals surface area contributed by atoms with Crippen LogP contribution in [0.25, 0.3) is 0 Å². The van der Waals surface area contributed by atoms with E-state index in [2.05, 4.69) is 107 Å². The van der Waals surface area contributed by atoms with E-state index in [0.29, 0.717) is 18.4 Å². The lowest BCUT2D eigenvalue weighted by atomic mass is 9.88. The van der Waals surface area contributed by atoms with E-state index in [4.69, 9.17) is 4.74 Å². The Labute approximate surface area is 243 Å². The van der Waals surface area contributed by atoms with Crippen LogP contribution in [0.4, 0.5) is 0 Å². The Balaban J connectivity index is 0.933. The molecule has 0 bridgehead atoms. The quantitative estimate of drug-likeness (QED) is 0.383. The number of rotatable bonds is 10. The van der Waals surface area contributed by atoms with Gasteiger partial charge in [-0.1, -0.05) is 48.6 Å². The number of carbonyl (C=O) groups is 1. The highest BCUT2D eigenvalue weighted by atomic mass is 16.6. The zero-order chi connectivity index (χ0) is 28.0. The third-order valence-electron chi connectivity index (χ3n) is 9.52. The molecule has 3 fully saturated rings. The summed E-state index contributed by atoms with van der Waals surface area (Å²) >= 11 is 0. The number of likely N-dealkylation sites (tertiary alicyclic amines) is 1. The monoisotopic (exact) mass is 554 g/mol. The Morgan fingerprint density at radius 1 is 1.20 bits per heavy atom. The Bertz CT molecular complexity index is 1320. The van der Waals surface area contributed by atoms with Crippen LogP contribution in [-0.4, -0.2) is 72.3 Å². The van der Waals surface area contributed by atoms with Crippen LogP contribution in [0, 0.1) is 11.8 Å². The highest BCUT2D eigenvalue weighted by molar-refractivity contribution is 5.91. The maximum Gasteiger partial charge on any atom is 0.247 e. The summed E-state index contributed by atoms with van der Waals surface area (Å²) in [5.41, 5.74) is 8.27. The van der Waals surface area contributed by atoms with Gasteiger partial charge in [0.25, 0.3) is 0 Å². The fourth-order valence-electron chi connectivity index (χ4n) is 7.04. The first-order valence-electron chi connectivity index (χ1n) is 15.2. The number of benzene rings is 1. The molecule has 216 valence electrons. The van der Waals surface area contributed by atoms with Gasteiger partial charge in [0.2, 0.25) is 5.91 Å². The van der Waals surface area contributed by atoms with Crippen molar-refractivity contribution in [1.29, 1.82) is 0 Å². The Morgan fingerprint density at radius 2 is 2.05 bits per heavy atom. The number of dihydropyridines is 1. The van der Waals surface area contributed by atoms with Gasteiger partial charge in [-0.2, -0.15) is 0 Å². The second kappa shape index (κ2) is 10.8. The van der Waals surface area contributed by atoms with Gasteiger partial charge in [-0.25, -0.2) is 5.43 Å². The molecule has 6 aliphatic rings. The van der Waals surface area contributed by atoms with Crippen molar-refractivity contribution in [1.82, 2.24) is 30.9 Å². The van der Waals surface area contributed by atoms with Gasteiger partial charge in [0.05, 0.1) is 6.54 Å². The molecule has 0 spiro atoms. The molecular weight excluding hydrogens is 512 g/mol. The molecule has 7 rings (SSSR count). The fraction of sp³-hybridized carbons (Fsp3) is 0.485. The number of epoxide rings is 1. The summed E-state index contributed by atoms with van der Waals surface area (Å²) in [7, 11) is 4.12. The first-order chi connectivity index (χ1) is 20.0. The van der Waals surface area contributed by atoms with Gasteiger partial charge < -0.3 is 25.3 Å². The van der Waals surface area contributed by atoms with Crippen LogP contribution >= 0.6 is 0 Å². The molecule has 2 saturated heterocycles. The average molecular weight is 555 g/mol. The van der Waals surface area contributed by atoms with Gasteiger partial charge in [0.15, 0.2) is 6.23 Å². The van der Waals surface area contributed by atoms with Crippen LogP contribution in [0.3, 0.4) is 0 Å². The molecule has 0 aromatic heterocycles. The molecule has 4 atom stereocenters. The van der Waals surface area contributed by atoms with E-state index in [1.54, 1.807) is 0 Å². The van der Waals surface area contributed by atoms with Crippen LogP contribution in [-0.2, 0) is 16.1 Å². The standard InChI is InChI=1S/C33H42N6O2/c1-37(2)33(27-11-12-27)14-16-39(32(33)40)28-13-15-34-30(19-28)36-31-29(41-31)18-24-9-6-10-25(17-24)26-20-35-38(22-26)21-23-7-4-3-5-8-23/h3-9,13,17,19,22,25,27,29,31,34-36H,10-12,14-16,18,20-21H2,1-2H3. The Kier molecular flexibility index (Phi) is 7.01. The lowest BCUT2D eigenvalue weighted by Gasteiger charge is -2.35. The van der Waals surface area contributed by atoms with E-state index in [0.717, 1.165) is 63.3 Å². The maximum absolute atomic E-state index is 13.6. The molecule has 1 saturated carbocycles. The second-order valence-corrected chi connectivity index (χ2v) is 12.4. The Hall–Kier alpha value is -3.33. The number of hydrogen-bond acceptors (Lipinski definition) is 7. The van der Waals surface area contributed by atoms with Crippen LogP contribution in [0.15, 0.2) is 89.6 Å². The van der Waals surface area contributed by atoms with Crippen LogP contribution in [0.1, 0.15) is 37.7 Å². The van der Waals surface area contributed by atoms with Crippen molar-refractivity contribution < 1.29 is 9.53 Å². The van der Waals surface area contributed by atoms with E-state index in [1.807, 2.05) is 4.90 Å². The highest BCUT2D eigenvalue weighted by Crippen LogP contribution is 2.48. The number of allylic oxidation sites excluding steroid dienone is 4. The predicted molar refractivity (Wildman–Crippen MR) is 159 cm³/mol. The number of nitrogens with one attached hydrogen (secondary N) is 3. The highest BCUT2D eigenvalue weighted by Gasteiger charge is 2.57. The minimum absolute atomic E-state index is 0.0156. The van der Waals surface area contributed by atoms with Crippen molar-refractivity contribution in [3.8, 4) is 0 Å². The maximum atomic E-state index is 13.6. The number of hydrogen-bond donors (Lipinski definition) is 3. The largest absolute Gasteiger partial charge is 0.368 e. The summed E-state index contributed by atoms with van der Waals surface area (Å²) in [5.74, 6) is 2.11. The van der Waals surface area contributed by atoms with Gasteiger partial charge in [0.1, 0.15) is 17.5 Å². The molecule has 4 unspecified atom stereocenters. The zero-order valence-corrected chi connectivity index (χ0v) is 24.2. The van der Waals surface area contributed by atoms with Crippen LogP contribution in [0.5, 0.6) is 0 Å². The topological polar surface area (TPSA) is 75.4 Å². The third-order valence-corrected chi connectivity index (χ3v) is 9.52. The molecule has 41 heavy (non-hydrogen) atoms. The van der Waals surface area contributed by atoms with Gasteiger partial charge in [-0.05, 0) is 68.5 Å². The molecule has 2 aliphatic carbocycles. The van der Waals surface area contributed by atoms with Crippen molar-refractivity contribution in [2.75, 3.05) is 33.7 Å². The first-order valence-corrected chi connectivity index (χ1v) is 15.2. The average Bonchev–Trinajstić information content (AvgIpc) is 3.88. The third kappa shape index (κ3) is 5.36. The van der Waals surface area contributed by atoms with E-state index < -0.39 is 0 Å². The van der Waals surface area contributed by atoms with Gasteiger partial charge in [-0.15, -0.1) is 0 Å². The molecule has 1 aromatic rings. The second-order valence-electron chi connectivity index (χ2n) is 12.4. The molecule has 4 heterocycles. The van der Waals surface area contributed by atoms with Crippen LogP contribution < -0.4 is 16.1 Å². The summed E-state index contributed by atoms with van der Waals surface area (Å²) < 4.78 is 6.04. The molecular formula is C33H42N6O2. The van der Waals surface area contributed by atoms with Crippen LogP contribution in [0.2, 0.25) is 0 Å². The van der Waals surface area contributed by atoms with E-state index in [-0.39, 0.29) is 23.8 Å². The van der Waals surface area contributed by atoms with E-state index >= 15 is 0 Å². The summed E-state index contributed by atoms with van der Waals surface area (Å²) in [6.45, 7) is 3.25. The molecule has 8 nitrogen and oxygen atoms in total. The summed E-state index contributed by atoms with van der Waals surface area (Å²) in [6, 6.07) is 10.6. The Morgan fingerprint density at radius 3 is 2.85 bits per heavy atom. The lowest BCUT2D eigenvalue weighted by Crippen LogP contribution is -2.52. The number of nitrogens with zero attached hydrogens (tertiary/aromatic N) is 3.